The van der Waals surface area contributed by atoms with Crippen LogP contribution >= 0.6 is 0 Å². The molecule has 3 aliphatic heterocycles. The molecule has 0 radical (unpaired) electrons. The molecule has 3 aliphatic rings. The lowest BCUT2D eigenvalue weighted by atomic mass is 9.80. The Morgan fingerprint density at radius 1 is 1.60 bits per heavy atom. The summed E-state index contributed by atoms with van der Waals surface area (Å²) < 4.78 is 16.1. The summed E-state index contributed by atoms with van der Waals surface area (Å²) in [6, 6.07) is 0. The van der Waals surface area contributed by atoms with Crippen LogP contribution in [0.25, 0.3) is 0 Å². The van der Waals surface area contributed by atoms with E-state index in [4.69, 9.17) is 14.2 Å². The highest BCUT2D eigenvalue weighted by Crippen LogP contribution is 2.52. The van der Waals surface area contributed by atoms with Crippen molar-refractivity contribution in [3.8, 4) is 0 Å². The van der Waals surface area contributed by atoms with Crippen LogP contribution in [0, 0.1) is 5.92 Å². The highest BCUT2D eigenvalue weighted by atomic mass is 16.7. The minimum atomic E-state index is -0.792. The van der Waals surface area contributed by atoms with E-state index in [1.165, 1.54) is 6.92 Å². The third-order valence-electron chi connectivity index (χ3n) is 3.60. The number of esters is 2. The number of rotatable bonds is 1. The molecule has 0 aromatic carbocycles. The quantitative estimate of drug-likeness (QED) is 0.573. The second-order valence-electron chi connectivity index (χ2n) is 4.57. The molecule has 3 saturated heterocycles. The van der Waals surface area contributed by atoms with E-state index >= 15 is 0 Å². The molecule has 0 spiro atoms. The number of hydrogen-bond donors (Lipinski definition) is 0. The van der Waals surface area contributed by atoms with E-state index in [1.807, 2.05) is 0 Å². The first-order valence-electron chi connectivity index (χ1n) is 5.08. The molecule has 15 heavy (non-hydrogen) atoms. The third kappa shape index (κ3) is 0.963. The molecule has 0 aromatic rings. The monoisotopic (exact) mass is 212 g/mol. The van der Waals surface area contributed by atoms with Crippen LogP contribution in [0.2, 0.25) is 0 Å². The van der Waals surface area contributed by atoms with Crippen LogP contribution in [-0.2, 0) is 23.8 Å². The van der Waals surface area contributed by atoms with Crippen molar-refractivity contribution in [2.45, 2.75) is 44.2 Å². The van der Waals surface area contributed by atoms with Gasteiger partial charge in [-0.05, 0) is 13.3 Å². The van der Waals surface area contributed by atoms with E-state index in [0.29, 0.717) is 6.42 Å². The zero-order valence-electron chi connectivity index (χ0n) is 8.56. The van der Waals surface area contributed by atoms with E-state index in [0.717, 1.165) is 0 Å². The lowest BCUT2D eigenvalue weighted by Gasteiger charge is -2.32. The fourth-order valence-corrected chi connectivity index (χ4v) is 2.93. The van der Waals surface area contributed by atoms with Gasteiger partial charge in [-0.1, -0.05) is 0 Å². The Balaban J connectivity index is 1.94. The van der Waals surface area contributed by atoms with E-state index in [2.05, 4.69) is 0 Å². The van der Waals surface area contributed by atoms with Crippen molar-refractivity contribution in [1.29, 1.82) is 0 Å². The summed E-state index contributed by atoms with van der Waals surface area (Å²) in [5, 5.41) is 0. The van der Waals surface area contributed by atoms with Crippen molar-refractivity contribution in [1.82, 2.24) is 0 Å². The van der Waals surface area contributed by atoms with Gasteiger partial charge in [0.15, 0.2) is 11.7 Å². The maximum absolute atomic E-state index is 11.4. The van der Waals surface area contributed by atoms with Gasteiger partial charge in [0, 0.05) is 6.92 Å². The van der Waals surface area contributed by atoms with Crippen molar-refractivity contribution in [3.05, 3.63) is 0 Å². The average molecular weight is 212 g/mol. The Morgan fingerprint density at radius 2 is 2.33 bits per heavy atom. The molecule has 0 amide bonds. The molecule has 0 aromatic heterocycles. The molecule has 5 unspecified atom stereocenters. The van der Waals surface area contributed by atoms with Crippen molar-refractivity contribution in [3.63, 3.8) is 0 Å². The number of fused-ring (bicyclic) bond motifs is 1. The van der Waals surface area contributed by atoms with E-state index in [9.17, 15) is 9.59 Å². The van der Waals surface area contributed by atoms with Gasteiger partial charge in [0.25, 0.3) is 0 Å². The van der Waals surface area contributed by atoms with Gasteiger partial charge in [-0.2, -0.15) is 0 Å². The first kappa shape index (κ1) is 9.15. The Hall–Kier alpha value is -1.10. The van der Waals surface area contributed by atoms with Crippen molar-refractivity contribution >= 4 is 11.9 Å². The fourth-order valence-electron chi connectivity index (χ4n) is 2.93. The molecule has 0 saturated carbocycles. The van der Waals surface area contributed by atoms with E-state index in [-0.39, 0.29) is 30.1 Å². The molecule has 0 aliphatic carbocycles. The number of carbonyl (C=O) groups is 2. The van der Waals surface area contributed by atoms with Crippen molar-refractivity contribution < 1.29 is 23.8 Å². The minimum absolute atomic E-state index is 0.149. The maximum Gasteiger partial charge on any atom is 0.312 e. The summed E-state index contributed by atoms with van der Waals surface area (Å²) in [6.07, 6.45) is -0.235. The van der Waals surface area contributed by atoms with Gasteiger partial charge < -0.3 is 14.2 Å². The minimum Gasteiger partial charge on any atom is -0.455 e. The first-order valence-corrected chi connectivity index (χ1v) is 5.08. The van der Waals surface area contributed by atoms with Gasteiger partial charge in [-0.3, -0.25) is 9.59 Å². The molecule has 3 rings (SSSR count). The summed E-state index contributed by atoms with van der Waals surface area (Å²) in [6.45, 7) is 3.13. The summed E-state index contributed by atoms with van der Waals surface area (Å²) in [7, 11) is 0. The second kappa shape index (κ2) is 2.52. The topological polar surface area (TPSA) is 61.8 Å². The van der Waals surface area contributed by atoms with Gasteiger partial charge in [-0.15, -0.1) is 0 Å². The van der Waals surface area contributed by atoms with Crippen LogP contribution in [0.5, 0.6) is 0 Å². The van der Waals surface area contributed by atoms with Gasteiger partial charge in [0.2, 0.25) is 0 Å². The Kier molecular flexibility index (Phi) is 1.54. The van der Waals surface area contributed by atoms with Crippen LogP contribution in [-0.4, -0.2) is 35.9 Å². The van der Waals surface area contributed by atoms with Gasteiger partial charge in [0.1, 0.15) is 12.2 Å². The van der Waals surface area contributed by atoms with Crippen LogP contribution < -0.4 is 0 Å². The summed E-state index contributed by atoms with van der Waals surface area (Å²) >= 11 is 0. The van der Waals surface area contributed by atoms with Gasteiger partial charge >= 0.3 is 11.9 Å². The average Bonchev–Trinajstić information content (AvgIpc) is 2.68. The molecule has 82 valence electrons. The van der Waals surface area contributed by atoms with E-state index < -0.39 is 11.7 Å². The van der Waals surface area contributed by atoms with Gasteiger partial charge in [-0.25, -0.2) is 0 Å². The highest BCUT2D eigenvalue weighted by molar-refractivity contribution is 5.78. The van der Waals surface area contributed by atoms with Crippen LogP contribution in [0.1, 0.15) is 20.3 Å². The molecule has 3 fully saturated rings. The molecule has 3 heterocycles. The smallest absolute Gasteiger partial charge is 0.312 e. The molecule has 5 nitrogen and oxygen atoms in total. The zero-order chi connectivity index (χ0) is 10.8. The Morgan fingerprint density at radius 3 is 3.00 bits per heavy atom. The SMILES string of the molecule is CC(=O)OC1(C)C2CC3C(=O)OC1C3O2. The molecular formula is C10H12O5. The van der Waals surface area contributed by atoms with Gasteiger partial charge in [0.05, 0.1) is 5.92 Å². The lowest BCUT2D eigenvalue weighted by molar-refractivity contribution is -0.174. The lowest BCUT2D eigenvalue weighted by Crippen LogP contribution is -2.51. The fraction of sp³-hybridized carbons (Fsp3) is 0.800. The predicted molar refractivity (Wildman–Crippen MR) is 46.8 cm³/mol. The van der Waals surface area contributed by atoms with Crippen LogP contribution in [0.3, 0.4) is 0 Å². The third-order valence-corrected chi connectivity index (χ3v) is 3.60. The van der Waals surface area contributed by atoms with E-state index in [1.54, 1.807) is 6.92 Å². The summed E-state index contributed by atoms with van der Waals surface area (Å²) in [5.41, 5.74) is -0.792. The van der Waals surface area contributed by atoms with Crippen molar-refractivity contribution in [2.75, 3.05) is 0 Å². The predicted octanol–water partition coefficient (Wildman–Crippen LogP) is 0.0209. The number of carbonyl (C=O) groups excluding carboxylic acids is 2. The largest absolute Gasteiger partial charge is 0.455 e. The molecular weight excluding hydrogens is 200 g/mol. The Labute approximate surface area is 86.7 Å². The molecule has 5 atom stereocenters. The first-order chi connectivity index (χ1) is 7.02. The molecule has 0 N–H and O–H groups in total. The number of ether oxygens (including phenoxy) is 3. The highest BCUT2D eigenvalue weighted by Gasteiger charge is 2.70. The Bertz CT molecular complexity index is 352. The zero-order valence-corrected chi connectivity index (χ0v) is 8.56. The normalized spacial score (nSPS) is 50.7. The molecule has 2 bridgehead atoms. The number of hydrogen-bond acceptors (Lipinski definition) is 5. The second-order valence-corrected chi connectivity index (χ2v) is 4.57. The van der Waals surface area contributed by atoms with Crippen molar-refractivity contribution in [2.24, 2.45) is 5.92 Å². The summed E-state index contributed by atoms with van der Waals surface area (Å²) in [5.74, 6) is -0.736. The maximum atomic E-state index is 11.4. The summed E-state index contributed by atoms with van der Waals surface area (Å²) in [4.78, 5) is 22.4. The molecule has 5 heteroatoms. The van der Waals surface area contributed by atoms with Crippen LogP contribution in [0.4, 0.5) is 0 Å². The van der Waals surface area contributed by atoms with Crippen LogP contribution in [0.15, 0.2) is 0 Å². The standard InChI is InChI=1S/C10H12O5/c1-4(11)15-10(2)6-3-5-7(13-6)8(10)14-9(5)12/h5-8H,3H2,1-2H3.